The summed E-state index contributed by atoms with van der Waals surface area (Å²) in [6.07, 6.45) is 5.52. The zero-order valence-electron chi connectivity index (χ0n) is 12.2. The number of halogens is 1. The van der Waals surface area contributed by atoms with Gasteiger partial charge in [0, 0.05) is 36.9 Å². The first kappa shape index (κ1) is 13.3. The van der Waals surface area contributed by atoms with Gasteiger partial charge in [-0.25, -0.2) is 4.99 Å². The molecular formula is C16H19BrN4. The highest BCUT2D eigenvalue weighted by Crippen LogP contribution is 2.40. The number of nitrogens with zero attached hydrogens (tertiary/aromatic N) is 4. The van der Waals surface area contributed by atoms with Gasteiger partial charge in [-0.3, -0.25) is 0 Å². The van der Waals surface area contributed by atoms with E-state index in [-0.39, 0.29) is 0 Å². The monoisotopic (exact) mass is 346 g/mol. The quantitative estimate of drug-likeness (QED) is 0.721. The number of piperazine rings is 1. The molecular weight excluding hydrogens is 328 g/mol. The zero-order valence-corrected chi connectivity index (χ0v) is 13.8. The summed E-state index contributed by atoms with van der Waals surface area (Å²) in [6.45, 7) is 4.38. The van der Waals surface area contributed by atoms with Gasteiger partial charge in [0.2, 0.25) is 0 Å². The van der Waals surface area contributed by atoms with E-state index in [1.807, 2.05) is 0 Å². The van der Waals surface area contributed by atoms with Crippen molar-refractivity contribution in [2.45, 2.75) is 12.5 Å². The molecule has 1 saturated heterocycles. The molecule has 110 valence electrons. The van der Waals surface area contributed by atoms with Gasteiger partial charge in [0.05, 0.1) is 17.4 Å². The Morgan fingerprint density at radius 1 is 1.19 bits per heavy atom. The first-order chi connectivity index (χ1) is 10.2. The maximum Gasteiger partial charge on any atom is 0.128 e. The van der Waals surface area contributed by atoms with Crippen LogP contribution in [0, 0.1) is 0 Å². The van der Waals surface area contributed by atoms with E-state index < -0.39 is 0 Å². The Kier molecular flexibility index (Phi) is 3.27. The smallest absolute Gasteiger partial charge is 0.128 e. The Morgan fingerprint density at radius 3 is 2.81 bits per heavy atom. The van der Waals surface area contributed by atoms with E-state index in [4.69, 9.17) is 4.99 Å². The van der Waals surface area contributed by atoms with E-state index >= 15 is 0 Å². The van der Waals surface area contributed by atoms with Crippen molar-refractivity contribution >= 4 is 33.1 Å². The lowest BCUT2D eigenvalue weighted by Gasteiger charge is -2.41. The lowest BCUT2D eigenvalue weighted by molar-refractivity contribution is 0.212. The number of hydrogen-bond acceptors (Lipinski definition) is 4. The Morgan fingerprint density at radius 2 is 2.00 bits per heavy atom. The minimum absolute atomic E-state index is 0.371. The molecule has 3 aliphatic rings. The Labute approximate surface area is 133 Å². The second-order valence-electron chi connectivity index (χ2n) is 5.94. The Balaban J connectivity index is 1.72. The second kappa shape index (κ2) is 5.14. The van der Waals surface area contributed by atoms with E-state index in [0.717, 1.165) is 42.8 Å². The fourth-order valence-electron chi connectivity index (χ4n) is 3.31. The van der Waals surface area contributed by atoms with Crippen LogP contribution in [-0.4, -0.2) is 54.9 Å². The molecule has 0 aliphatic carbocycles. The SMILES string of the molecule is CN1CCN(C2=Nc3ccc(Br)cc3N3C=CCC23)CC1. The van der Waals surface area contributed by atoms with Crippen molar-refractivity contribution < 1.29 is 0 Å². The van der Waals surface area contributed by atoms with E-state index in [2.05, 4.69) is 68.2 Å². The van der Waals surface area contributed by atoms with Crippen LogP contribution in [0.4, 0.5) is 11.4 Å². The fraction of sp³-hybridized carbons (Fsp3) is 0.438. The second-order valence-corrected chi connectivity index (χ2v) is 6.85. The van der Waals surface area contributed by atoms with Crippen molar-refractivity contribution in [1.29, 1.82) is 0 Å². The van der Waals surface area contributed by atoms with Gasteiger partial charge in [-0.15, -0.1) is 0 Å². The molecule has 0 spiro atoms. The lowest BCUT2D eigenvalue weighted by Crippen LogP contribution is -2.53. The summed E-state index contributed by atoms with van der Waals surface area (Å²) in [5, 5.41) is 0. The predicted molar refractivity (Wildman–Crippen MR) is 90.3 cm³/mol. The maximum absolute atomic E-state index is 5.00. The minimum atomic E-state index is 0.371. The highest BCUT2D eigenvalue weighted by molar-refractivity contribution is 9.10. The van der Waals surface area contributed by atoms with E-state index in [1.165, 1.54) is 11.5 Å². The van der Waals surface area contributed by atoms with Crippen LogP contribution < -0.4 is 4.90 Å². The topological polar surface area (TPSA) is 22.1 Å². The van der Waals surface area contributed by atoms with Gasteiger partial charge in [-0.2, -0.15) is 0 Å². The molecule has 3 aliphatic heterocycles. The normalized spacial score (nSPS) is 24.9. The Bertz CT molecular complexity index is 617. The van der Waals surface area contributed by atoms with Crippen LogP contribution in [0.5, 0.6) is 0 Å². The van der Waals surface area contributed by atoms with Gasteiger partial charge < -0.3 is 14.7 Å². The number of amidine groups is 1. The van der Waals surface area contributed by atoms with Crippen LogP contribution in [0.25, 0.3) is 0 Å². The number of hydrogen-bond donors (Lipinski definition) is 0. The van der Waals surface area contributed by atoms with Crippen LogP contribution in [0.15, 0.2) is 39.9 Å². The highest BCUT2D eigenvalue weighted by atomic mass is 79.9. The van der Waals surface area contributed by atoms with Crippen molar-refractivity contribution in [2.24, 2.45) is 4.99 Å². The van der Waals surface area contributed by atoms with Gasteiger partial charge >= 0.3 is 0 Å². The summed E-state index contributed by atoms with van der Waals surface area (Å²) < 4.78 is 1.11. The number of aliphatic imine (C=N–C) groups is 1. The van der Waals surface area contributed by atoms with Crippen LogP contribution in [0.1, 0.15) is 6.42 Å². The molecule has 1 aromatic carbocycles. The van der Waals surface area contributed by atoms with Crippen molar-refractivity contribution in [3.8, 4) is 0 Å². The number of rotatable bonds is 0. The standard InChI is InChI=1S/C16H19BrN4/c1-19-7-9-20(10-8-19)16-14-3-2-6-21(14)15-11-12(17)4-5-13(15)18-16/h2,4-6,11,14H,3,7-10H2,1H3. The number of benzene rings is 1. The molecule has 0 saturated carbocycles. The van der Waals surface area contributed by atoms with Gasteiger partial charge in [-0.05, 0) is 31.7 Å². The fourth-order valence-corrected chi connectivity index (χ4v) is 3.66. The van der Waals surface area contributed by atoms with E-state index in [0.29, 0.717) is 6.04 Å². The average molecular weight is 347 g/mol. The average Bonchev–Trinajstić information content (AvgIpc) is 2.97. The maximum atomic E-state index is 5.00. The van der Waals surface area contributed by atoms with Gasteiger partial charge in [0.1, 0.15) is 5.84 Å². The summed E-state index contributed by atoms with van der Waals surface area (Å²) >= 11 is 3.57. The molecule has 0 bridgehead atoms. The number of anilines is 1. The highest BCUT2D eigenvalue weighted by Gasteiger charge is 2.34. The Hall–Kier alpha value is -1.33. The van der Waals surface area contributed by atoms with Crippen molar-refractivity contribution in [2.75, 3.05) is 38.1 Å². The summed E-state index contributed by atoms with van der Waals surface area (Å²) in [4.78, 5) is 12.2. The van der Waals surface area contributed by atoms with Gasteiger partial charge in [0.25, 0.3) is 0 Å². The zero-order chi connectivity index (χ0) is 14.4. The molecule has 0 aromatic heterocycles. The van der Waals surface area contributed by atoms with Crippen molar-refractivity contribution in [3.05, 3.63) is 34.9 Å². The largest absolute Gasteiger partial charge is 0.356 e. The molecule has 1 atom stereocenters. The lowest BCUT2D eigenvalue weighted by atomic mass is 10.1. The first-order valence-corrected chi connectivity index (χ1v) is 8.28. The van der Waals surface area contributed by atoms with Gasteiger partial charge in [-0.1, -0.05) is 22.0 Å². The molecule has 21 heavy (non-hydrogen) atoms. The summed E-state index contributed by atoms with van der Waals surface area (Å²) in [7, 11) is 2.19. The minimum Gasteiger partial charge on any atom is -0.356 e. The first-order valence-electron chi connectivity index (χ1n) is 7.49. The molecule has 5 heteroatoms. The van der Waals surface area contributed by atoms with Crippen LogP contribution in [0.3, 0.4) is 0 Å². The molecule has 4 nitrogen and oxygen atoms in total. The van der Waals surface area contributed by atoms with E-state index in [9.17, 15) is 0 Å². The third-order valence-electron chi connectivity index (χ3n) is 4.54. The molecule has 1 aromatic rings. The van der Waals surface area contributed by atoms with Crippen molar-refractivity contribution in [3.63, 3.8) is 0 Å². The molecule has 0 amide bonds. The molecule has 1 fully saturated rings. The summed E-state index contributed by atoms with van der Waals surface area (Å²) in [5.74, 6) is 1.24. The van der Waals surface area contributed by atoms with E-state index in [1.54, 1.807) is 0 Å². The predicted octanol–water partition coefficient (Wildman–Crippen LogP) is 2.83. The summed E-state index contributed by atoms with van der Waals surface area (Å²) in [6, 6.07) is 6.72. The van der Waals surface area contributed by atoms with Crippen molar-refractivity contribution in [1.82, 2.24) is 9.80 Å². The van der Waals surface area contributed by atoms with Gasteiger partial charge in [0.15, 0.2) is 0 Å². The van der Waals surface area contributed by atoms with Crippen LogP contribution in [-0.2, 0) is 0 Å². The van der Waals surface area contributed by atoms with Crippen LogP contribution in [0.2, 0.25) is 0 Å². The third-order valence-corrected chi connectivity index (χ3v) is 5.03. The third kappa shape index (κ3) is 2.28. The molecule has 1 unspecified atom stereocenters. The number of likely N-dealkylation sites (N-methyl/N-ethyl adjacent to an activating group) is 1. The number of fused-ring (bicyclic) bond motifs is 3. The molecule has 0 N–H and O–H groups in total. The van der Waals surface area contributed by atoms with Crippen LogP contribution >= 0.6 is 15.9 Å². The molecule has 3 heterocycles. The molecule has 4 rings (SSSR count). The molecule has 0 radical (unpaired) electrons. The summed E-state index contributed by atoms with van der Waals surface area (Å²) in [5.41, 5.74) is 2.29.